The molecule has 1 amide bonds. The van der Waals surface area contributed by atoms with Crippen molar-refractivity contribution in [2.45, 2.75) is 6.61 Å². The zero-order valence-corrected chi connectivity index (χ0v) is 11.9. The van der Waals surface area contributed by atoms with Crippen molar-refractivity contribution >= 4 is 33.1 Å². The summed E-state index contributed by atoms with van der Waals surface area (Å²) in [6, 6.07) is 12.8. The SMILES string of the molecule is NC(=O)c1cccc(N)c1OCc1nc2ccccc2s1. The van der Waals surface area contributed by atoms with Crippen LogP contribution in [-0.2, 0) is 6.61 Å². The van der Waals surface area contributed by atoms with Gasteiger partial charge < -0.3 is 16.2 Å². The Bertz CT molecular complexity index is 781. The summed E-state index contributed by atoms with van der Waals surface area (Å²) < 4.78 is 6.76. The number of carbonyl (C=O) groups excluding carboxylic acids is 1. The number of para-hydroxylation sites is 2. The molecule has 1 aromatic heterocycles. The van der Waals surface area contributed by atoms with Gasteiger partial charge in [0, 0.05) is 0 Å². The summed E-state index contributed by atoms with van der Waals surface area (Å²) in [5.74, 6) is -0.258. The van der Waals surface area contributed by atoms with E-state index in [1.807, 2.05) is 24.3 Å². The number of hydrogen-bond donors (Lipinski definition) is 2. The van der Waals surface area contributed by atoms with E-state index in [0.29, 0.717) is 11.4 Å². The number of rotatable bonds is 4. The Labute approximate surface area is 125 Å². The molecule has 0 spiro atoms. The van der Waals surface area contributed by atoms with Crippen LogP contribution in [-0.4, -0.2) is 10.9 Å². The number of aromatic nitrogens is 1. The van der Waals surface area contributed by atoms with Gasteiger partial charge in [0.05, 0.1) is 21.5 Å². The third-order valence-electron chi connectivity index (χ3n) is 2.99. The molecule has 106 valence electrons. The zero-order valence-electron chi connectivity index (χ0n) is 11.1. The van der Waals surface area contributed by atoms with E-state index in [1.165, 1.54) is 0 Å². The second-order valence-corrected chi connectivity index (χ2v) is 5.57. The van der Waals surface area contributed by atoms with Crippen molar-refractivity contribution in [3.05, 3.63) is 53.0 Å². The molecule has 1 heterocycles. The van der Waals surface area contributed by atoms with E-state index in [9.17, 15) is 4.79 Å². The fourth-order valence-corrected chi connectivity index (χ4v) is 2.91. The summed E-state index contributed by atoms with van der Waals surface area (Å²) in [7, 11) is 0. The molecule has 0 aliphatic carbocycles. The molecule has 0 saturated carbocycles. The topological polar surface area (TPSA) is 91.2 Å². The molecule has 0 radical (unpaired) electrons. The summed E-state index contributed by atoms with van der Waals surface area (Å²) in [6.45, 7) is 0.244. The largest absolute Gasteiger partial charge is 0.483 e. The van der Waals surface area contributed by atoms with Gasteiger partial charge in [-0.3, -0.25) is 4.79 Å². The Morgan fingerprint density at radius 3 is 2.76 bits per heavy atom. The van der Waals surface area contributed by atoms with E-state index >= 15 is 0 Å². The van der Waals surface area contributed by atoms with E-state index in [0.717, 1.165) is 15.2 Å². The van der Waals surface area contributed by atoms with Gasteiger partial charge in [0.15, 0.2) is 5.75 Å². The first-order valence-electron chi connectivity index (χ1n) is 6.30. The summed E-state index contributed by atoms with van der Waals surface area (Å²) in [6.07, 6.45) is 0. The van der Waals surface area contributed by atoms with Crippen molar-refractivity contribution in [3.63, 3.8) is 0 Å². The Hall–Kier alpha value is -2.60. The monoisotopic (exact) mass is 299 g/mol. The fraction of sp³-hybridized carbons (Fsp3) is 0.0667. The third-order valence-corrected chi connectivity index (χ3v) is 4.00. The number of nitrogen functional groups attached to an aromatic ring is 1. The van der Waals surface area contributed by atoms with E-state index in [-0.39, 0.29) is 12.2 Å². The van der Waals surface area contributed by atoms with Crippen molar-refractivity contribution in [2.24, 2.45) is 5.73 Å². The smallest absolute Gasteiger partial charge is 0.252 e. The number of primary amides is 1. The van der Waals surface area contributed by atoms with Gasteiger partial charge in [-0.15, -0.1) is 11.3 Å². The summed E-state index contributed by atoms with van der Waals surface area (Å²) in [5.41, 5.74) is 12.8. The number of fused-ring (bicyclic) bond motifs is 1. The molecule has 3 aromatic rings. The molecular weight excluding hydrogens is 286 g/mol. The van der Waals surface area contributed by atoms with E-state index in [4.69, 9.17) is 16.2 Å². The van der Waals surface area contributed by atoms with Crippen molar-refractivity contribution < 1.29 is 9.53 Å². The maximum atomic E-state index is 11.4. The molecule has 21 heavy (non-hydrogen) atoms. The standard InChI is InChI=1S/C15H13N3O2S/c16-10-5-3-4-9(15(17)19)14(10)20-8-13-18-11-6-1-2-7-12(11)21-13/h1-7H,8,16H2,(H2,17,19). The highest BCUT2D eigenvalue weighted by atomic mass is 32.1. The average Bonchev–Trinajstić information content (AvgIpc) is 2.88. The second kappa shape index (κ2) is 5.41. The van der Waals surface area contributed by atoms with Gasteiger partial charge >= 0.3 is 0 Å². The molecule has 0 fully saturated rings. The molecule has 3 rings (SSSR count). The van der Waals surface area contributed by atoms with Crippen molar-refractivity contribution in [1.29, 1.82) is 0 Å². The first-order chi connectivity index (χ1) is 10.1. The Kier molecular flexibility index (Phi) is 3.45. The van der Waals surface area contributed by atoms with Gasteiger partial charge in [-0.25, -0.2) is 4.98 Å². The van der Waals surface area contributed by atoms with Crippen LogP contribution in [0, 0.1) is 0 Å². The van der Waals surface area contributed by atoms with Crippen LogP contribution in [0.5, 0.6) is 5.75 Å². The molecule has 0 aliphatic rings. The molecule has 2 aromatic carbocycles. The van der Waals surface area contributed by atoms with Crippen LogP contribution in [0.2, 0.25) is 0 Å². The lowest BCUT2D eigenvalue weighted by molar-refractivity contribution is 0.0996. The van der Waals surface area contributed by atoms with Gasteiger partial charge in [-0.1, -0.05) is 18.2 Å². The van der Waals surface area contributed by atoms with Gasteiger partial charge in [0.1, 0.15) is 11.6 Å². The summed E-state index contributed by atoms with van der Waals surface area (Å²) in [5, 5.41) is 0.815. The number of carbonyl (C=O) groups is 1. The minimum Gasteiger partial charge on any atom is -0.483 e. The lowest BCUT2D eigenvalue weighted by Crippen LogP contribution is -2.14. The Morgan fingerprint density at radius 2 is 2.00 bits per heavy atom. The molecule has 0 unspecified atom stereocenters. The van der Waals surface area contributed by atoms with E-state index in [1.54, 1.807) is 29.5 Å². The predicted octanol–water partition coefficient (Wildman–Crippen LogP) is 2.56. The number of nitrogens with two attached hydrogens (primary N) is 2. The summed E-state index contributed by atoms with van der Waals surface area (Å²) >= 11 is 1.54. The number of thiazole rings is 1. The molecule has 0 saturated heterocycles. The van der Waals surface area contributed by atoms with Crippen molar-refractivity contribution in [3.8, 4) is 5.75 Å². The van der Waals surface area contributed by atoms with Crippen molar-refractivity contribution in [2.75, 3.05) is 5.73 Å². The number of amides is 1. The van der Waals surface area contributed by atoms with E-state index in [2.05, 4.69) is 4.98 Å². The van der Waals surface area contributed by atoms with Crippen LogP contribution >= 0.6 is 11.3 Å². The fourth-order valence-electron chi connectivity index (χ4n) is 2.03. The molecule has 6 heteroatoms. The molecule has 0 aliphatic heterocycles. The van der Waals surface area contributed by atoms with Crippen LogP contribution in [0.1, 0.15) is 15.4 Å². The number of ether oxygens (including phenoxy) is 1. The van der Waals surface area contributed by atoms with Gasteiger partial charge in [0.25, 0.3) is 5.91 Å². The first kappa shape index (κ1) is 13.4. The van der Waals surface area contributed by atoms with Crippen LogP contribution in [0.25, 0.3) is 10.2 Å². The normalized spacial score (nSPS) is 10.7. The Balaban J connectivity index is 1.86. The minimum atomic E-state index is -0.568. The van der Waals surface area contributed by atoms with E-state index < -0.39 is 5.91 Å². The van der Waals surface area contributed by atoms with Crippen LogP contribution in [0.15, 0.2) is 42.5 Å². The highest BCUT2D eigenvalue weighted by Crippen LogP contribution is 2.28. The maximum absolute atomic E-state index is 11.4. The van der Waals surface area contributed by atoms with Crippen molar-refractivity contribution in [1.82, 2.24) is 4.98 Å². The average molecular weight is 299 g/mol. The second-order valence-electron chi connectivity index (χ2n) is 4.45. The predicted molar refractivity (Wildman–Crippen MR) is 83.3 cm³/mol. The number of nitrogens with zero attached hydrogens (tertiary/aromatic N) is 1. The first-order valence-corrected chi connectivity index (χ1v) is 7.12. The lowest BCUT2D eigenvalue weighted by atomic mass is 10.1. The highest BCUT2D eigenvalue weighted by Gasteiger charge is 2.13. The van der Waals surface area contributed by atoms with Gasteiger partial charge in [-0.2, -0.15) is 0 Å². The molecule has 4 N–H and O–H groups in total. The van der Waals surface area contributed by atoms with Gasteiger partial charge in [0.2, 0.25) is 0 Å². The summed E-state index contributed by atoms with van der Waals surface area (Å²) in [4.78, 5) is 15.9. The lowest BCUT2D eigenvalue weighted by Gasteiger charge is -2.10. The third kappa shape index (κ3) is 2.66. The zero-order chi connectivity index (χ0) is 14.8. The Morgan fingerprint density at radius 1 is 1.19 bits per heavy atom. The number of anilines is 1. The highest BCUT2D eigenvalue weighted by molar-refractivity contribution is 7.18. The molecule has 5 nitrogen and oxygen atoms in total. The maximum Gasteiger partial charge on any atom is 0.252 e. The van der Waals surface area contributed by atoms with Crippen LogP contribution < -0.4 is 16.2 Å². The quantitative estimate of drug-likeness (QED) is 0.724. The van der Waals surface area contributed by atoms with Crippen LogP contribution in [0.3, 0.4) is 0 Å². The number of benzene rings is 2. The number of hydrogen-bond acceptors (Lipinski definition) is 5. The van der Waals surface area contributed by atoms with Crippen LogP contribution in [0.4, 0.5) is 5.69 Å². The molecule has 0 atom stereocenters. The molecular formula is C15H13N3O2S. The van der Waals surface area contributed by atoms with Gasteiger partial charge in [-0.05, 0) is 24.3 Å². The molecule has 0 bridgehead atoms. The minimum absolute atomic E-state index is 0.244.